The number of rotatable bonds is 4. The number of carbonyl (C=O) groups excluding carboxylic acids is 1. The number of anilines is 1. The molecule has 0 bridgehead atoms. The van der Waals surface area contributed by atoms with Crippen LogP contribution in [0.2, 0.25) is 0 Å². The molecule has 0 saturated heterocycles. The van der Waals surface area contributed by atoms with Crippen LogP contribution in [-0.2, 0) is 11.3 Å². The topological polar surface area (TPSA) is 47.6 Å². The normalized spacial score (nSPS) is 11.3. The molecule has 0 aromatic heterocycles. The van der Waals surface area contributed by atoms with Crippen molar-refractivity contribution < 1.29 is 23.0 Å². The van der Waals surface area contributed by atoms with E-state index in [1.807, 2.05) is 30.3 Å². The van der Waals surface area contributed by atoms with Gasteiger partial charge in [-0.05, 0) is 43.9 Å². The quantitative estimate of drug-likeness (QED) is 0.595. The maximum atomic E-state index is 14.4. The Morgan fingerprint density at radius 2 is 1.75 bits per heavy atom. The number of amides is 1. The Morgan fingerprint density at radius 1 is 1.04 bits per heavy atom. The Morgan fingerprint density at radius 3 is 2.43 bits per heavy atom. The highest BCUT2D eigenvalue weighted by Gasteiger charge is 2.18. The highest BCUT2D eigenvalue weighted by Crippen LogP contribution is 2.34. The van der Waals surface area contributed by atoms with E-state index in [1.165, 1.54) is 18.2 Å². The molecule has 0 aliphatic rings. The maximum Gasteiger partial charge on any atom is 0.412 e. The summed E-state index contributed by atoms with van der Waals surface area (Å²) < 4.78 is 39.2. The standard InChI is InChI=1S/C22H21F2NO3/c1-22(2,3)28-21(26)25-16-11-15-9-10-17(23)20(24)19(15)18(12-16)27-13-14-7-5-4-6-8-14/h4-12H,13H2,1-3H3,(H,25,26). The number of carbonyl (C=O) groups is 1. The Hall–Kier alpha value is -3.15. The molecule has 0 atom stereocenters. The van der Waals surface area contributed by atoms with Gasteiger partial charge in [-0.25, -0.2) is 13.6 Å². The summed E-state index contributed by atoms with van der Waals surface area (Å²) in [5.41, 5.74) is 0.566. The lowest BCUT2D eigenvalue weighted by molar-refractivity contribution is 0.0636. The molecule has 3 aromatic rings. The van der Waals surface area contributed by atoms with Gasteiger partial charge in [-0.2, -0.15) is 0 Å². The molecule has 6 heteroatoms. The summed E-state index contributed by atoms with van der Waals surface area (Å²) in [7, 11) is 0. The van der Waals surface area contributed by atoms with Crippen molar-refractivity contribution >= 4 is 22.6 Å². The molecule has 28 heavy (non-hydrogen) atoms. The summed E-state index contributed by atoms with van der Waals surface area (Å²) in [6.45, 7) is 5.42. The second-order valence-electron chi connectivity index (χ2n) is 7.34. The van der Waals surface area contributed by atoms with Gasteiger partial charge in [0.1, 0.15) is 18.0 Å². The molecule has 1 amide bonds. The molecule has 0 saturated carbocycles. The van der Waals surface area contributed by atoms with Crippen LogP contribution < -0.4 is 10.1 Å². The van der Waals surface area contributed by atoms with Gasteiger partial charge in [0.05, 0.1) is 5.39 Å². The number of benzene rings is 3. The lowest BCUT2D eigenvalue weighted by Crippen LogP contribution is -2.27. The third kappa shape index (κ3) is 4.76. The van der Waals surface area contributed by atoms with Gasteiger partial charge < -0.3 is 9.47 Å². The fourth-order valence-corrected chi connectivity index (χ4v) is 2.70. The zero-order chi connectivity index (χ0) is 20.3. The first-order chi connectivity index (χ1) is 13.2. The summed E-state index contributed by atoms with van der Waals surface area (Å²) in [6.07, 6.45) is -0.650. The second-order valence-corrected chi connectivity index (χ2v) is 7.34. The van der Waals surface area contributed by atoms with Gasteiger partial charge in [-0.15, -0.1) is 0 Å². The van der Waals surface area contributed by atoms with E-state index in [-0.39, 0.29) is 17.7 Å². The molecule has 0 spiro atoms. The Bertz CT molecular complexity index is 998. The molecule has 146 valence electrons. The van der Waals surface area contributed by atoms with Gasteiger partial charge in [0.2, 0.25) is 0 Å². The number of fused-ring (bicyclic) bond motifs is 1. The van der Waals surface area contributed by atoms with Crippen LogP contribution in [0.15, 0.2) is 54.6 Å². The van der Waals surface area contributed by atoms with Gasteiger partial charge >= 0.3 is 6.09 Å². The summed E-state index contributed by atoms with van der Waals surface area (Å²) in [6, 6.07) is 14.8. The van der Waals surface area contributed by atoms with Crippen molar-refractivity contribution in [3.8, 4) is 5.75 Å². The molecule has 0 heterocycles. The Kier molecular flexibility index (Phi) is 5.49. The molecule has 3 rings (SSSR count). The third-order valence-electron chi connectivity index (χ3n) is 3.85. The molecule has 0 radical (unpaired) electrons. The number of nitrogens with one attached hydrogen (secondary N) is 1. The molecular formula is C22H21F2NO3. The minimum atomic E-state index is -0.996. The monoisotopic (exact) mass is 385 g/mol. The Labute approximate surface area is 162 Å². The van der Waals surface area contributed by atoms with Crippen molar-refractivity contribution in [2.75, 3.05) is 5.32 Å². The van der Waals surface area contributed by atoms with E-state index in [9.17, 15) is 13.6 Å². The van der Waals surface area contributed by atoms with Gasteiger partial charge in [0.25, 0.3) is 0 Å². The fourth-order valence-electron chi connectivity index (χ4n) is 2.70. The van der Waals surface area contributed by atoms with Crippen molar-refractivity contribution in [3.05, 3.63) is 71.8 Å². The average Bonchev–Trinajstić information content (AvgIpc) is 2.62. The van der Waals surface area contributed by atoms with E-state index in [4.69, 9.17) is 9.47 Å². The zero-order valence-corrected chi connectivity index (χ0v) is 15.9. The average molecular weight is 385 g/mol. The van der Waals surface area contributed by atoms with Gasteiger partial charge in [0, 0.05) is 11.8 Å². The van der Waals surface area contributed by atoms with Crippen molar-refractivity contribution in [3.63, 3.8) is 0 Å². The number of halogens is 2. The van der Waals surface area contributed by atoms with Crippen LogP contribution in [0.4, 0.5) is 19.3 Å². The van der Waals surface area contributed by atoms with Crippen molar-refractivity contribution in [2.24, 2.45) is 0 Å². The van der Waals surface area contributed by atoms with Crippen LogP contribution in [0.3, 0.4) is 0 Å². The van der Waals surface area contributed by atoms with E-state index in [2.05, 4.69) is 5.32 Å². The molecule has 1 N–H and O–H groups in total. The number of ether oxygens (including phenoxy) is 2. The van der Waals surface area contributed by atoms with Crippen molar-refractivity contribution in [2.45, 2.75) is 33.0 Å². The predicted molar refractivity (Wildman–Crippen MR) is 104 cm³/mol. The van der Waals surface area contributed by atoms with E-state index < -0.39 is 23.3 Å². The summed E-state index contributed by atoms with van der Waals surface area (Å²) in [5, 5.41) is 3.02. The highest BCUT2D eigenvalue weighted by molar-refractivity contribution is 5.95. The molecular weight excluding hydrogens is 364 g/mol. The summed E-state index contributed by atoms with van der Waals surface area (Å²) in [5.74, 6) is -1.83. The maximum absolute atomic E-state index is 14.4. The summed E-state index contributed by atoms with van der Waals surface area (Å²) >= 11 is 0. The third-order valence-corrected chi connectivity index (χ3v) is 3.85. The van der Waals surface area contributed by atoms with Crippen LogP contribution in [0.5, 0.6) is 5.75 Å². The second kappa shape index (κ2) is 7.84. The molecule has 0 aliphatic carbocycles. The van der Waals surface area contributed by atoms with Crippen molar-refractivity contribution in [1.82, 2.24) is 0 Å². The molecule has 0 aliphatic heterocycles. The van der Waals surface area contributed by atoms with E-state index in [1.54, 1.807) is 20.8 Å². The number of hydrogen-bond donors (Lipinski definition) is 1. The number of hydrogen-bond acceptors (Lipinski definition) is 3. The summed E-state index contributed by atoms with van der Waals surface area (Å²) in [4.78, 5) is 12.1. The van der Waals surface area contributed by atoms with E-state index in [0.29, 0.717) is 11.1 Å². The Balaban J connectivity index is 1.95. The molecule has 0 unspecified atom stereocenters. The fraction of sp³-hybridized carbons (Fsp3) is 0.227. The first kappa shape index (κ1) is 19.6. The predicted octanol–water partition coefficient (Wildman–Crippen LogP) is 6.04. The molecule has 3 aromatic carbocycles. The van der Waals surface area contributed by atoms with Crippen LogP contribution in [-0.4, -0.2) is 11.7 Å². The smallest absolute Gasteiger partial charge is 0.412 e. The minimum Gasteiger partial charge on any atom is -0.488 e. The van der Waals surface area contributed by atoms with Crippen LogP contribution in [0.1, 0.15) is 26.3 Å². The van der Waals surface area contributed by atoms with Gasteiger partial charge in [-0.3, -0.25) is 5.32 Å². The van der Waals surface area contributed by atoms with Crippen LogP contribution in [0.25, 0.3) is 10.8 Å². The van der Waals surface area contributed by atoms with E-state index >= 15 is 0 Å². The van der Waals surface area contributed by atoms with Gasteiger partial charge in [0.15, 0.2) is 11.6 Å². The first-order valence-corrected chi connectivity index (χ1v) is 8.81. The molecule has 0 fully saturated rings. The van der Waals surface area contributed by atoms with Gasteiger partial charge in [-0.1, -0.05) is 36.4 Å². The van der Waals surface area contributed by atoms with Crippen LogP contribution in [0, 0.1) is 11.6 Å². The highest BCUT2D eigenvalue weighted by atomic mass is 19.2. The molecule has 4 nitrogen and oxygen atoms in total. The van der Waals surface area contributed by atoms with Crippen LogP contribution >= 0.6 is 0 Å². The largest absolute Gasteiger partial charge is 0.488 e. The SMILES string of the molecule is CC(C)(C)OC(=O)Nc1cc(OCc2ccccc2)c2c(F)c(F)ccc2c1. The lowest BCUT2D eigenvalue weighted by Gasteiger charge is -2.20. The van der Waals surface area contributed by atoms with E-state index in [0.717, 1.165) is 11.6 Å². The zero-order valence-electron chi connectivity index (χ0n) is 15.9. The van der Waals surface area contributed by atoms with Crippen molar-refractivity contribution in [1.29, 1.82) is 0 Å². The first-order valence-electron chi connectivity index (χ1n) is 8.81. The minimum absolute atomic E-state index is 0.0191. The lowest BCUT2D eigenvalue weighted by atomic mass is 10.1.